The Labute approximate surface area is 128 Å². The molecule has 1 fully saturated rings. The summed E-state index contributed by atoms with van der Waals surface area (Å²) >= 11 is 0. The summed E-state index contributed by atoms with van der Waals surface area (Å²) in [6.45, 7) is 4.66. The van der Waals surface area contributed by atoms with Crippen LogP contribution < -0.4 is 5.73 Å². The minimum Gasteiger partial charge on any atom is -0.323 e. The Hall–Kier alpha value is -1.34. The van der Waals surface area contributed by atoms with Crippen molar-refractivity contribution in [2.24, 2.45) is 17.1 Å². The molecule has 0 aromatic heterocycles. The smallest absolute Gasteiger partial charge is 0.0358 e. The fourth-order valence-corrected chi connectivity index (χ4v) is 4.39. The van der Waals surface area contributed by atoms with Crippen LogP contribution in [0.15, 0.2) is 42.5 Å². The number of rotatable bonds is 4. The van der Waals surface area contributed by atoms with E-state index < -0.39 is 0 Å². The van der Waals surface area contributed by atoms with Crippen molar-refractivity contribution in [1.29, 1.82) is 0 Å². The van der Waals surface area contributed by atoms with Crippen LogP contribution in [0.1, 0.15) is 57.6 Å². The molecular formula is C20H27N. The summed E-state index contributed by atoms with van der Waals surface area (Å²) in [6, 6.07) is 15.4. The average molecular weight is 281 g/mol. The van der Waals surface area contributed by atoms with Gasteiger partial charge >= 0.3 is 0 Å². The SMILES string of the molecule is CC(C)CC1(C(N)c2cccc3ccccc23)CCCC1. The van der Waals surface area contributed by atoms with Crippen molar-refractivity contribution >= 4 is 10.8 Å². The fourth-order valence-electron chi connectivity index (χ4n) is 4.39. The molecule has 1 unspecified atom stereocenters. The molecule has 3 rings (SSSR count). The predicted octanol–water partition coefficient (Wildman–Crippen LogP) is 5.45. The van der Waals surface area contributed by atoms with Crippen molar-refractivity contribution in [2.45, 2.75) is 52.0 Å². The molecule has 0 amide bonds. The van der Waals surface area contributed by atoms with E-state index in [2.05, 4.69) is 56.3 Å². The first-order chi connectivity index (χ1) is 10.1. The van der Waals surface area contributed by atoms with Crippen molar-refractivity contribution < 1.29 is 0 Å². The van der Waals surface area contributed by atoms with Gasteiger partial charge in [-0.25, -0.2) is 0 Å². The Morgan fingerprint density at radius 3 is 2.38 bits per heavy atom. The lowest BCUT2D eigenvalue weighted by molar-refractivity contribution is 0.184. The standard InChI is InChI=1S/C20H27N/c1-15(2)14-20(12-5-6-13-20)19(21)18-11-7-9-16-8-3-4-10-17(16)18/h3-4,7-11,15,19H,5-6,12-14,21H2,1-2H3. The van der Waals surface area contributed by atoms with Gasteiger partial charge in [0.1, 0.15) is 0 Å². The second-order valence-electron chi connectivity index (χ2n) is 7.21. The van der Waals surface area contributed by atoms with Crippen LogP contribution in [0, 0.1) is 11.3 Å². The van der Waals surface area contributed by atoms with E-state index in [1.807, 2.05) is 0 Å². The Kier molecular flexibility index (Phi) is 4.03. The molecule has 1 saturated carbocycles. The molecule has 1 atom stereocenters. The minimum atomic E-state index is 0.161. The van der Waals surface area contributed by atoms with Gasteiger partial charge < -0.3 is 5.73 Å². The van der Waals surface area contributed by atoms with Gasteiger partial charge in [0.25, 0.3) is 0 Å². The summed E-state index contributed by atoms with van der Waals surface area (Å²) in [5.74, 6) is 0.712. The van der Waals surface area contributed by atoms with Crippen LogP contribution in [0.25, 0.3) is 10.8 Å². The highest BCUT2D eigenvalue weighted by Crippen LogP contribution is 2.51. The zero-order valence-electron chi connectivity index (χ0n) is 13.3. The molecule has 2 N–H and O–H groups in total. The minimum absolute atomic E-state index is 0.161. The number of fused-ring (bicyclic) bond motifs is 1. The molecule has 0 aliphatic heterocycles. The van der Waals surface area contributed by atoms with Gasteiger partial charge in [-0.2, -0.15) is 0 Å². The molecule has 1 aliphatic rings. The maximum absolute atomic E-state index is 6.85. The molecular weight excluding hydrogens is 254 g/mol. The van der Waals surface area contributed by atoms with Gasteiger partial charge in [-0.15, -0.1) is 0 Å². The summed E-state index contributed by atoms with van der Waals surface area (Å²) in [4.78, 5) is 0. The van der Waals surface area contributed by atoms with Gasteiger partial charge in [0, 0.05) is 6.04 Å². The molecule has 0 saturated heterocycles. The third-order valence-corrected chi connectivity index (χ3v) is 5.23. The van der Waals surface area contributed by atoms with Crippen molar-refractivity contribution in [2.75, 3.05) is 0 Å². The Morgan fingerprint density at radius 1 is 1.00 bits per heavy atom. The van der Waals surface area contributed by atoms with Crippen LogP contribution in [-0.2, 0) is 0 Å². The van der Waals surface area contributed by atoms with E-state index in [0.717, 1.165) is 0 Å². The highest BCUT2D eigenvalue weighted by molar-refractivity contribution is 5.86. The molecule has 0 spiro atoms. The quantitative estimate of drug-likeness (QED) is 0.792. The van der Waals surface area contributed by atoms with Gasteiger partial charge in [-0.05, 0) is 46.9 Å². The maximum atomic E-state index is 6.85. The first-order valence-electron chi connectivity index (χ1n) is 8.36. The van der Waals surface area contributed by atoms with Crippen LogP contribution in [0.5, 0.6) is 0 Å². The van der Waals surface area contributed by atoms with E-state index >= 15 is 0 Å². The molecule has 21 heavy (non-hydrogen) atoms. The molecule has 0 bridgehead atoms. The molecule has 1 heteroatoms. The number of benzene rings is 2. The van der Waals surface area contributed by atoms with Gasteiger partial charge in [0.2, 0.25) is 0 Å². The van der Waals surface area contributed by atoms with Crippen LogP contribution in [0.2, 0.25) is 0 Å². The molecule has 1 aliphatic carbocycles. The summed E-state index contributed by atoms with van der Waals surface area (Å²) in [7, 11) is 0. The van der Waals surface area contributed by atoms with Gasteiger partial charge in [0.15, 0.2) is 0 Å². The largest absolute Gasteiger partial charge is 0.323 e. The molecule has 2 aromatic carbocycles. The normalized spacial score (nSPS) is 19.2. The lowest BCUT2D eigenvalue weighted by Gasteiger charge is -2.37. The highest BCUT2D eigenvalue weighted by atomic mass is 14.7. The van der Waals surface area contributed by atoms with E-state index in [0.29, 0.717) is 11.3 Å². The second kappa shape index (κ2) is 5.81. The van der Waals surface area contributed by atoms with Crippen LogP contribution >= 0.6 is 0 Å². The zero-order chi connectivity index (χ0) is 14.9. The molecule has 0 heterocycles. The van der Waals surface area contributed by atoms with Crippen molar-refractivity contribution in [3.05, 3.63) is 48.0 Å². The lowest BCUT2D eigenvalue weighted by Crippen LogP contribution is -2.33. The fraction of sp³-hybridized carbons (Fsp3) is 0.500. The first kappa shape index (κ1) is 14.6. The first-order valence-corrected chi connectivity index (χ1v) is 8.36. The highest BCUT2D eigenvalue weighted by Gasteiger charge is 2.40. The number of hydrogen-bond donors (Lipinski definition) is 1. The van der Waals surface area contributed by atoms with E-state index in [-0.39, 0.29) is 6.04 Å². The lowest BCUT2D eigenvalue weighted by atomic mass is 9.70. The van der Waals surface area contributed by atoms with E-state index in [4.69, 9.17) is 5.73 Å². The number of hydrogen-bond acceptors (Lipinski definition) is 1. The van der Waals surface area contributed by atoms with Gasteiger partial charge in [-0.1, -0.05) is 69.2 Å². The molecule has 0 radical (unpaired) electrons. The van der Waals surface area contributed by atoms with E-state index in [1.165, 1.54) is 48.4 Å². The van der Waals surface area contributed by atoms with Crippen LogP contribution in [-0.4, -0.2) is 0 Å². The Bertz CT molecular complexity index is 603. The van der Waals surface area contributed by atoms with Crippen molar-refractivity contribution in [1.82, 2.24) is 0 Å². The van der Waals surface area contributed by atoms with E-state index in [9.17, 15) is 0 Å². The summed E-state index contributed by atoms with van der Waals surface area (Å²) < 4.78 is 0. The second-order valence-corrected chi connectivity index (χ2v) is 7.21. The topological polar surface area (TPSA) is 26.0 Å². The summed E-state index contributed by atoms with van der Waals surface area (Å²) in [5.41, 5.74) is 8.50. The molecule has 112 valence electrons. The Balaban J connectivity index is 2.04. The van der Waals surface area contributed by atoms with E-state index in [1.54, 1.807) is 0 Å². The number of nitrogens with two attached hydrogens (primary N) is 1. The van der Waals surface area contributed by atoms with Crippen molar-refractivity contribution in [3.63, 3.8) is 0 Å². The molecule has 2 aromatic rings. The van der Waals surface area contributed by atoms with Gasteiger partial charge in [0.05, 0.1) is 0 Å². The third kappa shape index (κ3) is 2.72. The molecule has 1 nitrogen and oxygen atoms in total. The monoisotopic (exact) mass is 281 g/mol. The van der Waals surface area contributed by atoms with Crippen molar-refractivity contribution in [3.8, 4) is 0 Å². The summed E-state index contributed by atoms with van der Waals surface area (Å²) in [5, 5.41) is 2.64. The maximum Gasteiger partial charge on any atom is 0.0358 e. The zero-order valence-corrected chi connectivity index (χ0v) is 13.3. The van der Waals surface area contributed by atoms with Crippen LogP contribution in [0.3, 0.4) is 0 Å². The Morgan fingerprint density at radius 2 is 1.67 bits per heavy atom. The average Bonchev–Trinajstić information content (AvgIpc) is 2.95. The van der Waals surface area contributed by atoms with Gasteiger partial charge in [-0.3, -0.25) is 0 Å². The predicted molar refractivity (Wildman–Crippen MR) is 91.2 cm³/mol. The third-order valence-electron chi connectivity index (χ3n) is 5.23. The van der Waals surface area contributed by atoms with Crippen LogP contribution in [0.4, 0.5) is 0 Å². The summed E-state index contributed by atoms with van der Waals surface area (Å²) in [6.07, 6.45) is 6.50.